The third-order valence-electron chi connectivity index (χ3n) is 4.23. The quantitative estimate of drug-likeness (QED) is 0.684. The second-order valence-corrected chi connectivity index (χ2v) is 7.00. The molecule has 1 saturated heterocycles. The summed E-state index contributed by atoms with van der Waals surface area (Å²) in [6.45, 7) is 3.14. The third-order valence-corrected chi connectivity index (χ3v) is 4.75. The normalized spacial score (nSPS) is 17.2. The molecular formula is C17H20BrN5O3. The lowest BCUT2D eigenvalue weighted by Crippen LogP contribution is -2.44. The summed E-state index contributed by atoms with van der Waals surface area (Å²) in [5.74, 6) is -0.150. The van der Waals surface area contributed by atoms with Crippen LogP contribution >= 0.6 is 15.9 Å². The lowest BCUT2D eigenvalue weighted by Gasteiger charge is -2.31. The minimum absolute atomic E-state index is 0.000919. The second-order valence-electron chi connectivity index (χ2n) is 6.08. The molecule has 0 bridgehead atoms. The number of hydrogen-bond donors (Lipinski definition) is 0. The Morgan fingerprint density at radius 1 is 1.31 bits per heavy atom. The Labute approximate surface area is 159 Å². The molecule has 1 atom stereocenters. The molecule has 0 aliphatic carbocycles. The van der Waals surface area contributed by atoms with E-state index in [1.165, 1.54) is 4.80 Å². The Balaban J connectivity index is 1.61. The van der Waals surface area contributed by atoms with Gasteiger partial charge in [0.05, 0.1) is 12.5 Å². The number of tetrazole rings is 1. The first kappa shape index (κ1) is 18.5. The van der Waals surface area contributed by atoms with Crippen LogP contribution < -0.4 is 0 Å². The number of benzene rings is 1. The highest BCUT2D eigenvalue weighted by Crippen LogP contribution is 2.19. The molecule has 2 heterocycles. The van der Waals surface area contributed by atoms with Crippen LogP contribution in [0.4, 0.5) is 0 Å². The van der Waals surface area contributed by atoms with Gasteiger partial charge in [-0.25, -0.2) is 0 Å². The van der Waals surface area contributed by atoms with E-state index in [9.17, 15) is 9.59 Å². The molecule has 26 heavy (non-hydrogen) atoms. The van der Waals surface area contributed by atoms with Gasteiger partial charge in [0.1, 0.15) is 6.54 Å². The zero-order valence-electron chi connectivity index (χ0n) is 14.5. The number of aromatic nitrogens is 4. The van der Waals surface area contributed by atoms with Gasteiger partial charge in [0, 0.05) is 23.1 Å². The molecule has 1 amide bonds. The van der Waals surface area contributed by atoms with Crippen molar-refractivity contribution >= 4 is 27.8 Å². The van der Waals surface area contributed by atoms with Gasteiger partial charge < -0.3 is 9.64 Å². The molecule has 9 heteroatoms. The van der Waals surface area contributed by atoms with Crippen LogP contribution in [0.15, 0.2) is 28.7 Å². The minimum atomic E-state index is -0.255. The van der Waals surface area contributed by atoms with E-state index >= 15 is 0 Å². The number of nitrogens with zero attached hydrogens (tertiary/aromatic N) is 5. The topological polar surface area (TPSA) is 90.2 Å². The maximum atomic E-state index is 12.5. The van der Waals surface area contributed by atoms with E-state index in [4.69, 9.17) is 4.74 Å². The van der Waals surface area contributed by atoms with Crippen molar-refractivity contribution < 1.29 is 14.3 Å². The molecule has 2 aromatic rings. The number of esters is 1. The number of amides is 1. The van der Waals surface area contributed by atoms with Gasteiger partial charge in [-0.3, -0.25) is 9.59 Å². The van der Waals surface area contributed by atoms with E-state index in [1.807, 2.05) is 24.3 Å². The summed E-state index contributed by atoms with van der Waals surface area (Å²) in [5.41, 5.74) is 0.826. The summed E-state index contributed by atoms with van der Waals surface area (Å²) < 4.78 is 6.03. The molecule has 0 spiro atoms. The van der Waals surface area contributed by atoms with Crippen LogP contribution in [0.25, 0.3) is 11.4 Å². The van der Waals surface area contributed by atoms with Crippen LogP contribution in [0.5, 0.6) is 0 Å². The Morgan fingerprint density at radius 3 is 2.81 bits per heavy atom. The van der Waals surface area contributed by atoms with Crippen molar-refractivity contribution in [2.24, 2.45) is 5.92 Å². The first-order chi connectivity index (χ1) is 12.6. The molecule has 1 aliphatic rings. The fraction of sp³-hybridized carbons (Fsp3) is 0.471. The van der Waals surface area contributed by atoms with Crippen molar-refractivity contribution in [1.82, 2.24) is 25.1 Å². The molecule has 1 aliphatic heterocycles. The van der Waals surface area contributed by atoms with E-state index in [0.29, 0.717) is 25.5 Å². The summed E-state index contributed by atoms with van der Waals surface area (Å²) in [7, 11) is 0. The molecule has 1 aromatic carbocycles. The van der Waals surface area contributed by atoms with Gasteiger partial charge in [-0.15, -0.1) is 10.2 Å². The summed E-state index contributed by atoms with van der Waals surface area (Å²) in [5, 5.41) is 12.2. The van der Waals surface area contributed by atoms with Gasteiger partial charge in [0.15, 0.2) is 0 Å². The Morgan fingerprint density at radius 2 is 2.08 bits per heavy atom. The summed E-state index contributed by atoms with van der Waals surface area (Å²) in [6, 6.07) is 7.54. The van der Waals surface area contributed by atoms with Crippen LogP contribution in [-0.4, -0.2) is 56.7 Å². The van der Waals surface area contributed by atoms with Crippen LogP contribution in [0.2, 0.25) is 0 Å². The maximum Gasteiger partial charge on any atom is 0.310 e. The number of ether oxygens (including phenoxy) is 1. The highest BCUT2D eigenvalue weighted by molar-refractivity contribution is 9.10. The van der Waals surface area contributed by atoms with Gasteiger partial charge >= 0.3 is 5.97 Å². The number of halogens is 1. The number of carbonyl (C=O) groups excluding carboxylic acids is 2. The summed E-state index contributed by atoms with van der Waals surface area (Å²) in [4.78, 5) is 27.4. The molecule has 1 aromatic heterocycles. The standard InChI is InChI=1S/C17H20BrN5O3/c1-2-26-17(25)13-4-3-9-22(10-13)15(24)11-23-20-16(19-21-23)12-5-7-14(18)8-6-12/h5-8,13H,2-4,9-11H2,1H3. The van der Waals surface area contributed by atoms with Crippen LogP contribution in [-0.2, 0) is 20.9 Å². The van der Waals surface area contributed by atoms with Gasteiger partial charge in [0.25, 0.3) is 0 Å². The van der Waals surface area contributed by atoms with Crippen LogP contribution in [0.1, 0.15) is 19.8 Å². The molecule has 3 rings (SSSR count). The molecule has 0 radical (unpaired) electrons. The van der Waals surface area contributed by atoms with Gasteiger partial charge in [-0.1, -0.05) is 15.9 Å². The Kier molecular flexibility index (Phi) is 5.97. The zero-order chi connectivity index (χ0) is 18.5. The highest BCUT2D eigenvalue weighted by atomic mass is 79.9. The van der Waals surface area contributed by atoms with Crippen LogP contribution in [0, 0.1) is 5.92 Å². The van der Waals surface area contributed by atoms with Gasteiger partial charge in [-0.05, 0) is 49.2 Å². The lowest BCUT2D eigenvalue weighted by molar-refractivity contribution is -0.151. The van der Waals surface area contributed by atoms with E-state index in [1.54, 1.807) is 11.8 Å². The van der Waals surface area contributed by atoms with Gasteiger partial charge in [-0.2, -0.15) is 4.80 Å². The minimum Gasteiger partial charge on any atom is -0.466 e. The van der Waals surface area contributed by atoms with Gasteiger partial charge in [0.2, 0.25) is 11.7 Å². The van der Waals surface area contributed by atoms with E-state index in [0.717, 1.165) is 22.9 Å². The number of hydrogen-bond acceptors (Lipinski definition) is 6. The molecule has 0 N–H and O–H groups in total. The van der Waals surface area contributed by atoms with Crippen molar-refractivity contribution in [2.75, 3.05) is 19.7 Å². The SMILES string of the molecule is CCOC(=O)C1CCCN(C(=O)Cn2nnc(-c3ccc(Br)cc3)n2)C1. The molecule has 0 saturated carbocycles. The zero-order valence-corrected chi connectivity index (χ0v) is 16.1. The summed E-state index contributed by atoms with van der Waals surface area (Å²) in [6.07, 6.45) is 1.53. The first-order valence-electron chi connectivity index (χ1n) is 8.55. The smallest absolute Gasteiger partial charge is 0.310 e. The number of carbonyl (C=O) groups is 2. The molecule has 1 fully saturated rings. The fourth-order valence-electron chi connectivity index (χ4n) is 2.90. The van der Waals surface area contributed by atoms with Crippen molar-refractivity contribution in [3.8, 4) is 11.4 Å². The van der Waals surface area contributed by atoms with Crippen molar-refractivity contribution in [3.63, 3.8) is 0 Å². The van der Waals surface area contributed by atoms with E-state index < -0.39 is 0 Å². The van der Waals surface area contributed by atoms with E-state index in [-0.39, 0.29) is 24.3 Å². The monoisotopic (exact) mass is 421 g/mol. The lowest BCUT2D eigenvalue weighted by atomic mass is 9.98. The number of likely N-dealkylation sites (tertiary alicyclic amines) is 1. The van der Waals surface area contributed by atoms with Crippen molar-refractivity contribution in [2.45, 2.75) is 26.3 Å². The predicted octanol–water partition coefficient (Wildman–Crippen LogP) is 1.90. The Hall–Kier alpha value is -2.29. The largest absolute Gasteiger partial charge is 0.466 e. The third kappa shape index (κ3) is 4.46. The summed E-state index contributed by atoms with van der Waals surface area (Å²) >= 11 is 3.38. The average molecular weight is 422 g/mol. The maximum absolute atomic E-state index is 12.5. The Bertz CT molecular complexity index is 777. The fourth-order valence-corrected chi connectivity index (χ4v) is 3.17. The first-order valence-corrected chi connectivity index (χ1v) is 9.34. The van der Waals surface area contributed by atoms with Crippen molar-refractivity contribution in [3.05, 3.63) is 28.7 Å². The molecular weight excluding hydrogens is 402 g/mol. The average Bonchev–Trinajstić information content (AvgIpc) is 3.11. The highest BCUT2D eigenvalue weighted by Gasteiger charge is 2.29. The molecule has 138 valence electrons. The predicted molar refractivity (Wildman–Crippen MR) is 96.9 cm³/mol. The molecule has 8 nitrogen and oxygen atoms in total. The van der Waals surface area contributed by atoms with Crippen LogP contribution in [0.3, 0.4) is 0 Å². The number of piperidine rings is 1. The molecule has 1 unspecified atom stereocenters. The number of rotatable bonds is 5. The second kappa shape index (κ2) is 8.39. The van der Waals surface area contributed by atoms with E-state index in [2.05, 4.69) is 31.3 Å². The van der Waals surface area contributed by atoms with Crippen molar-refractivity contribution in [1.29, 1.82) is 0 Å².